The van der Waals surface area contributed by atoms with E-state index in [2.05, 4.69) is 10.6 Å². The molecule has 27 heavy (non-hydrogen) atoms. The number of carbonyl (C=O) groups excluding carboxylic acids is 2. The van der Waals surface area contributed by atoms with Crippen LogP contribution in [0.1, 0.15) is 62.2 Å². The average Bonchev–Trinajstić information content (AvgIpc) is 2.63. The Bertz CT molecular complexity index is 683. The van der Waals surface area contributed by atoms with E-state index in [1.807, 2.05) is 31.2 Å². The molecule has 0 unspecified atom stereocenters. The Morgan fingerprint density at radius 2 is 1.70 bits per heavy atom. The number of carbonyl (C=O) groups is 2. The molecule has 0 saturated heterocycles. The van der Waals surface area contributed by atoms with Crippen LogP contribution < -0.4 is 10.6 Å². The van der Waals surface area contributed by atoms with Crippen molar-refractivity contribution in [3.05, 3.63) is 29.8 Å². The molecule has 4 bridgehead atoms. The Morgan fingerprint density at radius 1 is 1.07 bits per heavy atom. The number of rotatable bonds is 7. The van der Waals surface area contributed by atoms with Gasteiger partial charge >= 0.3 is 0 Å². The average molecular weight is 387 g/mol. The fourth-order valence-corrected chi connectivity index (χ4v) is 6.70. The summed E-state index contributed by atoms with van der Waals surface area (Å²) in [4.78, 5) is 25.9. The van der Waals surface area contributed by atoms with Crippen LogP contribution in [0.5, 0.6) is 0 Å². The summed E-state index contributed by atoms with van der Waals surface area (Å²) in [5.41, 5.74) is 0.725. The van der Waals surface area contributed by atoms with E-state index in [4.69, 9.17) is 0 Å². The Kier molecular flexibility index (Phi) is 5.49. The Morgan fingerprint density at radius 3 is 2.33 bits per heavy atom. The lowest BCUT2D eigenvalue weighted by Gasteiger charge is -2.56. The van der Waals surface area contributed by atoms with Crippen LogP contribution in [0.15, 0.2) is 29.2 Å². The maximum atomic E-state index is 12.7. The Hall–Kier alpha value is -1.49. The Balaban J connectivity index is 1.36. The van der Waals surface area contributed by atoms with Crippen molar-refractivity contribution in [3.63, 3.8) is 0 Å². The van der Waals surface area contributed by atoms with Crippen LogP contribution in [-0.4, -0.2) is 29.7 Å². The van der Waals surface area contributed by atoms with Gasteiger partial charge in [-0.2, -0.15) is 0 Å². The highest BCUT2D eigenvalue weighted by Crippen LogP contribution is 2.55. The van der Waals surface area contributed by atoms with Crippen molar-refractivity contribution in [2.75, 3.05) is 12.3 Å². The first kappa shape index (κ1) is 18.9. The molecule has 0 aromatic heterocycles. The van der Waals surface area contributed by atoms with Crippen molar-refractivity contribution < 1.29 is 9.59 Å². The normalized spacial score (nSPS) is 30.9. The summed E-state index contributed by atoms with van der Waals surface area (Å²) in [6.07, 6.45) is 8.56. The van der Waals surface area contributed by atoms with Crippen LogP contribution in [0.4, 0.5) is 0 Å². The predicted molar refractivity (Wildman–Crippen MR) is 109 cm³/mol. The van der Waals surface area contributed by atoms with Crippen molar-refractivity contribution in [2.24, 2.45) is 17.8 Å². The van der Waals surface area contributed by atoms with Crippen LogP contribution in [-0.2, 0) is 4.79 Å². The monoisotopic (exact) mass is 386 g/mol. The number of nitrogens with one attached hydrogen (secondary N) is 2. The summed E-state index contributed by atoms with van der Waals surface area (Å²) in [7, 11) is 0. The number of hydrogen-bond donors (Lipinski definition) is 2. The first-order valence-corrected chi connectivity index (χ1v) is 11.4. The van der Waals surface area contributed by atoms with Gasteiger partial charge in [-0.3, -0.25) is 9.59 Å². The van der Waals surface area contributed by atoms with Gasteiger partial charge in [0.25, 0.3) is 5.91 Å². The minimum Gasteiger partial charge on any atom is -0.352 e. The molecule has 2 amide bonds. The predicted octanol–water partition coefficient (Wildman–Crippen LogP) is 4.00. The van der Waals surface area contributed by atoms with E-state index in [0.29, 0.717) is 17.9 Å². The smallest absolute Gasteiger partial charge is 0.252 e. The number of thioether (sulfide) groups is 1. The van der Waals surface area contributed by atoms with Gasteiger partial charge in [-0.1, -0.05) is 19.1 Å². The third-order valence-electron chi connectivity index (χ3n) is 6.47. The van der Waals surface area contributed by atoms with Crippen molar-refractivity contribution in [1.29, 1.82) is 0 Å². The molecule has 0 aliphatic heterocycles. The van der Waals surface area contributed by atoms with Gasteiger partial charge in [0, 0.05) is 17.0 Å². The largest absolute Gasteiger partial charge is 0.352 e. The molecule has 1 aromatic rings. The van der Waals surface area contributed by atoms with E-state index in [9.17, 15) is 9.59 Å². The second-order valence-corrected chi connectivity index (χ2v) is 9.80. The fourth-order valence-electron chi connectivity index (χ4n) is 5.85. The molecule has 5 rings (SSSR count). The highest BCUT2D eigenvalue weighted by Gasteiger charge is 2.51. The molecule has 5 heteroatoms. The summed E-state index contributed by atoms with van der Waals surface area (Å²) in [6, 6.07) is 7.57. The molecule has 4 saturated carbocycles. The number of hydrogen-bond acceptors (Lipinski definition) is 3. The lowest BCUT2D eigenvalue weighted by Crippen LogP contribution is -2.60. The minimum absolute atomic E-state index is 0.0542. The third-order valence-corrected chi connectivity index (χ3v) is 7.54. The van der Waals surface area contributed by atoms with Crippen LogP contribution in [0.2, 0.25) is 0 Å². The van der Waals surface area contributed by atoms with Gasteiger partial charge in [0.05, 0.1) is 11.3 Å². The topological polar surface area (TPSA) is 58.2 Å². The van der Waals surface area contributed by atoms with Gasteiger partial charge in [0.1, 0.15) is 0 Å². The third kappa shape index (κ3) is 4.18. The van der Waals surface area contributed by atoms with Crippen molar-refractivity contribution >= 4 is 23.6 Å². The SMILES string of the molecule is CCCNC(=O)c1ccccc1SCC(=O)NC12CC3CC(CC(C3)C1)C2. The summed E-state index contributed by atoms with van der Waals surface area (Å²) in [5.74, 6) is 2.92. The van der Waals surface area contributed by atoms with Gasteiger partial charge in [-0.25, -0.2) is 0 Å². The molecule has 4 nitrogen and oxygen atoms in total. The van der Waals surface area contributed by atoms with E-state index in [0.717, 1.165) is 29.1 Å². The van der Waals surface area contributed by atoms with E-state index in [-0.39, 0.29) is 17.4 Å². The molecule has 4 aliphatic carbocycles. The van der Waals surface area contributed by atoms with Crippen molar-refractivity contribution in [2.45, 2.75) is 62.3 Å². The Labute approximate surface area is 166 Å². The zero-order chi connectivity index (χ0) is 18.9. The van der Waals surface area contributed by atoms with Crippen LogP contribution in [0.25, 0.3) is 0 Å². The quantitative estimate of drug-likeness (QED) is 0.696. The lowest BCUT2D eigenvalue weighted by molar-refractivity contribution is -0.124. The zero-order valence-corrected chi connectivity index (χ0v) is 16.9. The molecule has 0 spiro atoms. The maximum Gasteiger partial charge on any atom is 0.252 e. The second kappa shape index (κ2) is 7.86. The molecule has 4 fully saturated rings. The van der Waals surface area contributed by atoms with Crippen molar-refractivity contribution in [1.82, 2.24) is 10.6 Å². The van der Waals surface area contributed by atoms with E-state index in [1.54, 1.807) is 0 Å². The highest BCUT2D eigenvalue weighted by atomic mass is 32.2. The standard InChI is InChI=1S/C22H30N2O2S/c1-2-7-23-21(26)18-5-3-4-6-19(18)27-14-20(25)24-22-11-15-8-16(12-22)10-17(9-15)13-22/h3-6,15-17H,2,7-14H2,1H3,(H,23,26)(H,24,25). The minimum atomic E-state index is -0.0542. The number of benzene rings is 1. The summed E-state index contributed by atoms with van der Waals surface area (Å²) >= 11 is 1.47. The molecule has 4 aliphatic rings. The molecule has 2 N–H and O–H groups in total. The molecular weight excluding hydrogens is 356 g/mol. The molecule has 0 radical (unpaired) electrons. The highest BCUT2D eigenvalue weighted by molar-refractivity contribution is 8.00. The lowest BCUT2D eigenvalue weighted by atomic mass is 9.53. The van der Waals surface area contributed by atoms with Crippen LogP contribution >= 0.6 is 11.8 Å². The second-order valence-electron chi connectivity index (χ2n) is 8.79. The van der Waals surface area contributed by atoms with E-state index < -0.39 is 0 Å². The summed E-state index contributed by atoms with van der Waals surface area (Å²) in [6.45, 7) is 2.71. The summed E-state index contributed by atoms with van der Waals surface area (Å²) < 4.78 is 0. The fraction of sp³-hybridized carbons (Fsp3) is 0.636. The molecular formula is C22H30N2O2S. The van der Waals surface area contributed by atoms with Crippen LogP contribution in [0, 0.1) is 17.8 Å². The van der Waals surface area contributed by atoms with Gasteiger partial charge in [-0.15, -0.1) is 11.8 Å². The molecule has 146 valence electrons. The number of amides is 2. The first-order valence-electron chi connectivity index (χ1n) is 10.4. The molecule has 1 aromatic carbocycles. The maximum absolute atomic E-state index is 12.7. The van der Waals surface area contributed by atoms with Gasteiger partial charge < -0.3 is 10.6 Å². The van der Waals surface area contributed by atoms with Crippen LogP contribution in [0.3, 0.4) is 0 Å². The summed E-state index contributed by atoms with van der Waals surface area (Å²) in [5, 5.41) is 6.34. The van der Waals surface area contributed by atoms with Gasteiger partial charge in [-0.05, 0) is 74.8 Å². The zero-order valence-electron chi connectivity index (χ0n) is 16.1. The molecule has 0 heterocycles. The first-order chi connectivity index (χ1) is 13.1. The van der Waals surface area contributed by atoms with Gasteiger partial charge in [0.15, 0.2) is 0 Å². The molecule has 0 atom stereocenters. The van der Waals surface area contributed by atoms with Gasteiger partial charge in [0.2, 0.25) is 5.91 Å². The van der Waals surface area contributed by atoms with E-state index in [1.165, 1.54) is 50.3 Å². The van der Waals surface area contributed by atoms with E-state index >= 15 is 0 Å². The van der Waals surface area contributed by atoms with Crippen molar-refractivity contribution in [3.8, 4) is 0 Å².